The van der Waals surface area contributed by atoms with Gasteiger partial charge in [-0.3, -0.25) is 14.4 Å². The number of carboxylic acid groups (broad SMARTS) is 1. The monoisotopic (exact) mass is 691 g/mol. The van der Waals surface area contributed by atoms with Gasteiger partial charge in [0, 0.05) is 35.0 Å². The van der Waals surface area contributed by atoms with Gasteiger partial charge in [0.1, 0.15) is 34.5 Å². The van der Waals surface area contributed by atoms with Crippen LogP contribution in [0.2, 0.25) is 0 Å². The summed E-state index contributed by atoms with van der Waals surface area (Å²) >= 11 is 1.48. The maximum Gasteiger partial charge on any atom is 0.326 e. The van der Waals surface area contributed by atoms with Crippen molar-refractivity contribution in [3.05, 3.63) is 57.7 Å². The van der Waals surface area contributed by atoms with E-state index in [0.29, 0.717) is 35.5 Å². The molecule has 5 atom stereocenters. The van der Waals surface area contributed by atoms with Crippen LogP contribution < -0.4 is 14.8 Å². The minimum absolute atomic E-state index is 0.0316. The zero-order valence-corrected chi connectivity index (χ0v) is 30.1. The smallest absolute Gasteiger partial charge is 0.326 e. The molecular formula is C38H45NO9S. The van der Waals surface area contributed by atoms with Gasteiger partial charge in [0.05, 0.1) is 11.2 Å². The van der Waals surface area contributed by atoms with Gasteiger partial charge in [-0.25, -0.2) is 4.79 Å². The molecule has 0 aromatic heterocycles. The number of rotatable bonds is 10. The molecule has 1 aromatic carbocycles. The minimum atomic E-state index is -1.67. The molecule has 1 amide bonds. The lowest BCUT2D eigenvalue weighted by Gasteiger charge is -2.56. The Balaban J connectivity index is 1.50. The Kier molecular flexibility index (Phi) is 8.50. The van der Waals surface area contributed by atoms with Crippen LogP contribution in [0.1, 0.15) is 89.2 Å². The normalized spacial score (nSPS) is 28.7. The topological polar surface area (TPSA) is 148 Å². The van der Waals surface area contributed by atoms with E-state index in [1.54, 1.807) is 25.2 Å². The summed E-state index contributed by atoms with van der Waals surface area (Å²) in [6.45, 7) is 13.1. The molecule has 7 rings (SSSR count). The minimum Gasteiger partial charge on any atom is -0.506 e. The van der Waals surface area contributed by atoms with E-state index in [1.807, 2.05) is 60.0 Å². The Morgan fingerprint density at radius 3 is 2.47 bits per heavy atom. The molecule has 1 saturated carbocycles. The number of ketones is 2. The number of aliphatic carboxylic acids is 1. The lowest BCUT2D eigenvalue weighted by Crippen LogP contribution is -2.72. The number of phenolic OH excluding ortho intramolecular Hbond substituents is 1. The second-order valence-corrected chi connectivity index (χ2v) is 16.1. The van der Waals surface area contributed by atoms with E-state index >= 15 is 0 Å². The molecule has 262 valence electrons. The van der Waals surface area contributed by atoms with Crippen LogP contribution in [0.5, 0.6) is 17.2 Å². The second kappa shape index (κ2) is 11.9. The van der Waals surface area contributed by atoms with Crippen molar-refractivity contribution in [3.63, 3.8) is 0 Å². The third-order valence-electron chi connectivity index (χ3n) is 10.6. The molecule has 3 aliphatic carbocycles. The standard InChI is InChI=1S/C38H45NO9S/c1-19(2)9-10-23-30-22(12-14-35(4,5)46-30)28(40)27-29(41)24-17-21-18-26-36(6,7)48-37(32(21)42,38(24,26)47-31(23)27)15-11-20(3)33(43)39-25(34(44)45)13-16-49-8/h9,11-12,14,17,21,25-26,40H,10,13,15-16,18H2,1-8H3,(H,39,43)(H,44,45)/b20-11-/t21-,25-,26?,37+,38-/m0/s1. The number of carbonyl (C=O) groups is 4. The second-order valence-electron chi connectivity index (χ2n) is 15.1. The average molecular weight is 692 g/mol. The van der Waals surface area contributed by atoms with Gasteiger partial charge < -0.3 is 29.7 Å². The molecule has 3 heterocycles. The van der Waals surface area contributed by atoms with Gasteiger partial charge in [0.15, 0.2) is 22.8 Å². The number of thioether (sulfide) groups is 1. The molecule has 2 fully saturated rings. The van der Waals surface area contributed by atoms with Crippen LogP contribution in [-0.4, -0.2) is 74.1 Å². The molecule has 6 aliphatic rings. The Labute approximate surface area is 291 Å². The van der Waals surface area contributed by atoms with Gasteiger partial charge in [0.25, 0.3) is 0 Å². The van der Waals surface area contributed by atoms with Crippen molar-refractivity contribution >= 4 is 41.3 Å². The predicted octanol–water partition coefficient (Wildman–Crippen LogP) is 5.75. The largest absolute Gasteiger partial charge is 0.506 e. The average Bonchev–Trinajstić information content (AvgIpc) is 3.17. The van der Waals surface area contributed by atoms with Crippen LogP contribution in [0.25, 0.3) is 6.08 Å². The van der Waals surface area contributed by atoms with Gasteiger partial charge in [-0.2, -0.15) is 11.8 Å². The Bertz CT molecular complexity index is 1800. The van der Waals surface area contributed by atoms with Crippen molar-refractivity contribution in [2.75, 3.05) is 12.0 Å². The lowest BCUT2D eigenvalue weighted by atomic mass is 9.51. The first-order chi connectivity index (χ1) is 22.9. The molecule has 11 heteroatoms. The van der Waals surface area contributed by atoms with E-state index in [4.69, 9.17) is 14.2 Å². The number of amides is 1. The van der Waals surface area contributed by atoms with Crippen LogP contribution in [0, 0.1) is 11.8 Å². The number of hydrogen-bond donors (Lipinski definition) is 3. The molecule has 3 N–H and O–H groups in total. The van der Waals surface area contributed by atoms with Crippen LogP contribution in [0.3, 0.4) is 0 Å². The van der Waals surface area contributed by atoms with E-state index < -0.39 is 57.9 Å². The van der Waals surface area contributed by atoms with Crippen LogP contribution in [0.4, 0.5) is 0 Å². The zero-order valence-electron chi connectivity index (χ0n) is 29.3. The number of nitrogens with one attached hydrogen (secondary N) is 1. The van der Waals surface area contributed by atoms with E-state index in [0.717, 1.165) is 5.57 Å². The van der Waals surface area contributed by atoms with Gasteiger partial charge in [0.2, 0.25) is 5.91 Å². The molecule has 3 aliphatic heterocycles. The fraction of sp³-hybridized carbons (Fsp3) is 0.526. The van der Waals surface area contributed by atoms with Crippen molar-refractivity contribution in [2.24, 2.45) is 11.8 Å². The van der Waals surface area contributed by atoms with Crippen molar-refractivity contribution in [3.8, 4) is 17.2 Å². The summed E-state index contributed by atoms with van der Waals surface area (Å²) in [5.41, 5.74) is -2.29. The van der Waals surface area contributed by atoms with Gasteiger partial charge in [-0.15, -0.1) is 0 Å². The summed E-state index contributed by atoms with van der Waals surface area (Å²) in [5, 5.41) is 23.9. The van der Waals surface area contributed by atoms with Crippen molar-refractivity contribution < 1.29 is 43.6 Å². The van der Waals surface area contributed by atoms with Crippen LogP contribution in [-0.2, 0) is 25.5 Å². The molecule has 10 nitrogen and oxygen atoms in total. The van der Waals surface area contributed by atoms with Gasteiger partial charge in [-0.05, 0) is 91.9 Å². The zero-order chi connectivity index (χ0) is 35.8. The van der Waals surface area contributed by atoms with Crippen molar-refractivity contribution in [1.82, 2.24) is 5.32 Å². The first-order valence-corrected chi connectivity index (χ1v) is 18.1. The first-order valence-electron chi connectivity index (χ1n) is 16.7. The van der Waals surface area contributed by atoms with Crippen molar-refractivity contribution in [2.45, 2.75) is 103 Å². The van der Waals surface area contributed by atoms with Crippen LogP contribution in [0.15, 0.2) is 41.0 Å². The highest BCUT2D eigenvalue weighted by Crippen LogP contribution is 2.68. The Hall–Kier alpha value is -3.83. The lowest BCUT2D eigenvalue weighted by molar-refractivity contribution is -0.171. The predicted molar refractivity (Wildman–Crippen MR) is 186 cm³/mol. The number of ether oxygens (including phenoxy) is 3. The summed E-state index contributed by atoms with van der Waals surface area (Å²) in [6.07, 6.45) is 11.7. The summed E-state index contributed by atoms with van der Waals surface area (Å²) < 4.78 is 20.4. The van der Waals surface area contributed by atoms with Gasteiger partial charge in [-0.1, -0.05) is 23.8 Å². The quantitative estimate of drug-likeness (QED) is 0.205. The fourth-order valence-electron chi connectivity index (χ4n) is 8.22. The SMILES string of the molecule is CSCC[C@H](NC(=O)/C(C)=C\C[C@]12OC(C)(C)C3C[C@H](C=C4C(=O)c5c(O)c6c(c(CC=C(C)C)c5O[C@@]431)OC(C)(C)C=C6)C2=O)C(=O)O. The number of benzene rings is 1. The number of phenols is 1. The number of allylic oxidation sites excluding steroid dienone is 3. The molecule has 49 heavy (non-hydrogen) atoms. The van der Waals surface area contributed by atoms with E-state index in [1.165, 1.54) is 11.8 Å². The van der Waals surface area contributed by atoms with Gasteiger partial charge >= 0.3 is 5.97 Å². The van der Waals surface area contributed by atoms with Crippen LogP contribution >= 0.6 is 11.8 Å². The number of fused-ring (bicyclic) bond motifs is 2. The number of aromatic hydroxyl groups is 1. The van der Waals surface area contributed by atoms with Crippen molar-refractivity contribution in [1.29, 1.82) is 0 Å². The molecule has 1 spiro atoms. The highest BCUT2D eigenvalue weighted by molar-refractivity contribution is 7.98. The Morgan fingerprint density at radius 1 is 1.10 bits per heavy atom. The molecule has 4 bridgehead atoms. The van der Waals surface area contributed by atoms with E-state index in [-0.39, 0.29) is 46.8 Å². The summed E-state index contributed by atoms with van der Waals surface area (Å²) in [4.78, 5) is 54.3. The molecule has 1 aromatic rings. The maximum absolute atomic E-state index is 14.8. The first kappa shape index (κ1) is 35.0. The van der Waals surface area contributed by atoms with E-state index in [9.17, 15) is 29.4 Å². The fourth-order valence-corrected chi connectivity index (χ4v) is 8.69. The number of hydrogen-bond acceptors (Lipinski definition) is 9. The Morgan fingerprint density at radius 2 is 1.82 bits per heavy atom. The third kappa shape index (κ3) is 5.26. The number of carboxylic acids is 1. The summed E-state index contributed by atoms with van der Waals surface area (Å²) in [7, 11) is 0. The van der Waals surface area contributed by atoms with E-state index in [2.05, 4.69) is 5.32 Å². The molecule has 0 radical (unpaired) electrons. The number of carbonyl (C=O) groups excluding carboxylic acids is 3. The maximum atomic E-state index is 14.8. The highest BCUT2D eigenvalue weighted by atomic mass is 32.2. The number of Topliss-reactive ketones (excluding diaryl/α,β-unsaturated/α-hetero) is 2. The third-order valence-corrected chi connectivity index (χ3v) is 11.2. The molecule has 1 saturated heterocycles. The highest BCUT2D eigenvalue weighted by Gasteiger charge is 2.81. The molecule has 1 unspecified atom stereocenters. The summed E-state index contributed by atoms with van der Waals surface area (Å²) in [5.74, 6) is -2.52. The molecular weight excluding hydrogens is 646 g/mol. The summed E-state index contributed by atoms with van der Waals surface area (Å²) in [6, 6.07) is -1.07.